The first kappa shape index (κ1) is 12.4. The van der Waals surface area contributed by atoms with Gasteiger partial charge in [-0.3, -0.25) is 4.79 Å². The molecule has 2 rings (SSSR count). The number of nitrogens with one attached hydrogen (secondary N) is 1. The maximum Gasteiger partial charge on any atom is 0.224 e. The van der Waals surface area contributed by atoms with Crippen molar-refractivity contribution in [3.63, 3.8) is 0 Å². The summed E-state index contributed by atoms with van der Waals surface area (Å²) in [7, 11) is 0. The molecule has 1 amide bonds. The molecule has 0 unspecified atom stereocenters. The van der Waals surface area contributed by atoms with Crippen molar-refractivity contribution >= 4 is 17.5 Å². The summed E-state index contributed by atoms with van der Waals surface area (Å²) in [5.74, 6) is 0.120. The molecule has 1 fully saturated rings. The normalized spacial score (nSPS) is 24.3. The van der Waals surface area contributed by atoms with Crippen LogP contribution in [0, 0.1) is 0 Å². The highest BCUT2D eigenvalue weighted by Gasteiger charge is 2.20. The average molecular weight is 252 g/mol. The zero-order chi connectivity index (χ0) is 12.1. The van der Waals surface area contributed by atoms with Crippen molar-refractivity contribution < 1.29 is 4.79 Å². The Morgan fingerprint density at radius 1 is 1.18 bits per heavy atom. The fourth-order valence-corrected chi connectivity index (χ4v) is 2.51. The van der Waals surface area contributed by atoms with Crippen molar-refractivity contribution in [1.29, 1.82) is 0 Å². The van der Waals surface area contributed by atoms with Crippen LogP contribution < -0.4 is 5.32 Å². The van der Waals surface area contributed by atoms with Crippen LogP contribution in [-0.2, 0) is 11.2 Å². The number of amides is 1. The topological polar surface area (TPSA) is 29.1 Å². The van der Waals surface area contributed by atoms with Gasteiger partial charge in [0, 0.05) is 11.4 Å². The third-order valence-corrected chi connectivity index (χ3v) is 3.67. The maximum atomic E-state index is 11.8. The summed E-state index contributed by atoms with van der Waals surface area (Å²) in [6.45, 7) is 0. The Hall–Kier alpha value is -1.02. The van der Waals surface area contributed by atoms with E-state index in [0.29, 0.717) is 17.8 Å². The molecule has 1 saturated carbocycles. The molecule has 3 heteroatoms. The van der Waals surface area contributed by atoms with Crippen LogP contribution >= 0.6 is 11.6 Å². The predicted molar refractivity (Wildman–Crippen MR) is 70.2 cm³/mol. The molecule has 0 atom stereocenters. The quantitative estimate of drug-likeness (QED) is 0.823. The summed E-state index contributed by atoms with van der Waals surface area (Å²) in [5.41, 5.74) is 1.07. The van der Waals surface area contributed by atoms with E-state index >= 15 is 0 Å². The average Bonchev–Trinajstić information content (AvgIpc) is 2.33. The minimum Gasteiger partial charge on any atom is -0.353 e. The molecule has 0 aromatic heterocycles. The van der Waals surface area contributed by atoms with Crippen LogP contribution in [0.15, 0.2) is 30.3 Å². The minimum absolute atomic E-state index is 0.120. The van der Waals surface area contributed by atoms with Crippen LogP contribution in [-0.4, -0.2) is 17.3 Å². The SMILES string of the molecule is O=C(Cc1ccccc1)NC1CCC(Cl)CC1. The smallest absolute Gasteiger partial charge is 0.224 e. The molecule has 2 nitrogen and oxygen atoms in total. The highest BCUT2D eigenvalue weighted by Crippen LogP contribution is 2.22. The minimum atomic E-state index is 0.120. The van der Waals surface area contributed by atoms with Crippen LogP contribution in [0.25, 0.3) is 0 Å². The first-order chi connectivity index (χ1) is 8.24. The lowest BCUT2D eigenvalue weighted by atomic mass is 9.95. The Morgan fingerprint density at radius 3 is 2.47 bits per heavy atom. The zero-order valence-corrected chi connectivity index (χ0v) is 10.6. The van der Waals surface area contributed by atoms with Crippen molar-refractivity contribution in [3.05, 3.63) is 35.9 Å². The number of carbonyl (C=O) groups is 1. The number of halogens is 1. The van der Waals surface area contributed by atoms with E-state index in [0.717, 1.165) is 31.2 Å². The first-order valence-corrected chi connectivity index (χ1v) is 6.65. The predicted octanol–water partition coefficient (Wildman–Crippen LogP) is 2.90. The Kier molecular flexibility index (Phi) is 4.43. The van der Waals surface area contributed by atoms with Gasteiger partial charge in [0.2, 0.25) is 5.91 Å². The van der Waals surface area contributed by atoms with E-state index in [1.807, 2.05) is 30.3 Å². The largest absolute Gasteiger partial charge is 0.353 e. The molecule has 1 N–H and O–H groups in total. The van der Waals surface area contributed by atoms with Crippen LogP contribution in [0.1, 0.15) is 31.2 Å². The molecule has 0 aliphatic heterocycles. The van der Waals surface area contributed by atoms with Crippen LogP contribution in [0.3, 0.4) is 0 Å². The van der Waals surface area contributed by atoms with Gasteiger partial charge in [-0.2, -0.15) is 0 Å². The van der Waals surface area contributed by atoms with Gasteiger partial charge in [0.25, 0.3) is 0 Å². The van der Waals surface area contributed by atoms with Crippen molar-refractivity contribution in [2.45, 2.75) is 43.5 Å². The van der Waals surface area contributed by atoms with Gasteiger partial charge in [-0.15, -0.1) is 11.6 Å². The summed E-state index contributed by atoms with van der Waals surface area (Å²) >= 11 is 6.04. The molecule has 0 heterocycles. The van der Waals surface area contributed by atoms with E-state index in [1.165, 1.54) is 0 Å². The van der Waals surface area contributed by atoms with E-state index < -0.39 is 0 Å². The summed E-state index contributed by atoms with van der Waals surface area (Å²) < 4.78 is 0. The first-order valence-electron chi connectivity index (χ1n) is 6.21. The number of carbonyl (C=O) groups excluding carboxylic acids is 1. The fraction of sp³-hybridized carbons (Fsp3) is 0.500. The van der Waals surface area contributed by atoms with E-state index in [4.69, 9.17) is 11.6 Å². The van der Waals surface area contributed by atoms with Gasteiger partial charge >= 0.3 is 0 Å². The Bertz CT molecular complexity index is 358. The Morgan fingerprint density at radius 2 is 1.82 bits per heavy atom. The number of rotatable bonds is 3. The van der Waals surface area contributed by atoms with Gasteiger partial charge in [-0.05, 0) is 31.2 Å². The van der Waals surface area contributed by atoms with Crippen molar-refractivity contribution in [1.82, 2.24) is 5.32 Å². The van der Waals surface area contributed by atoms with Crippen molar-refractivity contribution in [2.75, 3.05) is 0 Å². The monoisotopic (exact) mass is 251 g/mol. The Labute approximate surface area is 107 Å². The highest BCUT2D eigenvalue weighted by molar-refractivity contribution is 6.20. The van der Waals surface area contributed by atoms with Crippen LogP contribution in [0.2, 0.25) is 0 Å². The van der Waals surface area contributed by atoms with Crippen molar-refractivity contribution in [3.8, 4) is 0 Å². The lowest BCUT2D eigenvalue weighted by Crippen LogP contribution is -2.38. The second-order valence-corrected chi connectivity index (χ2v) is 5.30. The fourth-order valence-electron chi connectivity index (χ4n) is 2.26. The third kappa shape index (κ3) is 4.04. The lowest BCUT2D eigenvalue weighted by molar-refractivity contribution is -0.121. The molecule has 17 heavy (non-hydrogen) atoms. The molecule has 0 spiro atoms. The highest BCUT2D eigenvalue weighted by atomic mass is 35.5. The van der Waals surface area contributed by atoms with Gasteiger partial charge in [0.15, 0.2) is 0 Å². The standard InChI is InChI=1S/C14H18ClNO/c15-12-6-8-13(9-7-12)16-14(17)10-11-4-2-1-3-5-11/h1-5,12-13H,6-10H2,(H,16,17). The van der Waals surface area contributed by atoms with E-state index in [2.05, 4.69) is 5.32 Å². The second-order valence-electron chi connectivity index (χ2n) is 4.68. The van der Waals surface area contributed by atoms with Gasteiger partial charge in [0.05, 0.1) is 6.42 Å². The maximum absolute atomic E-state index is 11.8. The molecule has 1 aromatic carbocycles. The van der Waals surface area contributed by atoms with Gasteiger partial charge in [-0.1, -0.05) is 30.3 Å². The number of hydrogen-bond donors (Lipinski definition) is 1. The molecular weight excluding hydrogens is 234 g/mol. The van der Waals surface area contributed by atoms with E-state index in [1.54, 1.807) is 0 Å². The molecule has 92 valence electrons. The Balaban J connectivity index is 1.78. The van der Waals surface area contributed by atoms with Crippen LogP contribution in [0.4, 0.5) is 0 Å². The molecule has 0 bridgehead atoms. The van der Waals surface area contributed by atoms with E-state index in [9.17, 15) is 4.79 Å². The summed E-state index contributed by atoms with van der Waals surface area (Å²) in [6.07, 6.45) is 4.51. The third-order valence-electron chi connectivity index (χ3n) is 3.23. The molecule has 0 saturated heterocycles. The van der Waals surface area contributed by atoms with Crippen molar-refractivity contribution in [2.24, 2.45) is 0 Å². The molecule has 1 aliphatic rings. The molecule has 1 aliphatic carbocycles. The summed E-state index contributed by atoms with van der Waals surface area (Å²) in [5, 5.41) is 3.39. The van der Waals surface area contributed by atoms with Gasteiger partial charge in [-0.25, -0.2) is 0 Å². The molecular formula is C14H18ClNO. The summed E-state index contributed by atoms with van der Waals surface area (Å²) in [6, 6.07) is 10.2. The number of benzene rings is 1. The summed E-state index contributed by atoms with van der Waals surface area (Å²) in [4.78, 5) is 11.8. The van der Waals surface area contributed by atoms with Gasteiger partial charge < -0.3 is 5.32 Å². The molecule has 1 aromatic rings. The van der Waals surface area contributed by atoms with E-state index in [-0.39, 0.29) is 5.91 Å². The zero-order valence-electron chi connectivity index (χ0n) is 9.86. The number of alkyl halides is 1. The van der Waals surface area contributed by atoms with Crippen LogP contribution in [0.5, 0.6) is 0 Å². The second kappa shape index (κ2) is 6.06. The number of hydrogen-bond acceptors (Lipinski definition) is 1. The lowest BCUT2D eigenvalue weighted by Gasteiger charge is -2.25. The molecule has 0 radical (unpaired) electrons. The van der Waals surface area contributed by atoms with Gasteiger partial charge in [0.1, 0.15) is 0 Å².